The minimum Gasteiger partial charge on any atom is -0.383 e. The second kappa shape index (κ2) is 7.45. The topological polar surface area (TPSA) is 161 Å². The van der Waals surface area contributed by atoms with Crippen molar-refractivity contribution in [2.24, 2.45) is 16.8 Å². The zero-order valence-corrected chi connectivity index (χ0v) is 14.2. The van der Waals surface area contributed by atoms with Crippen molar-refractivity contribution < 1.29 is 4.79 Å². The molecule has 2 rings (SSSR count). The lowest BCUT2D eigenvalue weighted by Crippen LogP contribution is -2.33. The summed E-state index contributed by atoms with van der Waals surface area (Å²) in [5.74, 6) is 11.1. The van der Waals surface area contributed by atoms with Crippen molar-refractivity contribution in [3.8, 4) is 0 Å². The second-order valence-electron chi connectivity index (χ2n) is 5.47. The molecule has 10 heteroatoms. The van der Waals surface area contributed by atoms with Crippen LogP contribution in [0.2, 0.25) is 0 Å². The number of amidine groups is 1. The van der Waals surface area contributed by atoms with E-state index in [1.165, 1.54) is 11.1 Å². The van der Waals surface area contributed by atoms with Gasteiger partial charge in [0, 0.05) is 31.5 Å². The Labute approximate surface area is 145 Å². The average molecular weight is 343 g/mol. The van der Waals surface area contributed by atoms with Crippen LogP contribution in [0.15, 0.2) is 29.5 Å². The summed E-state index contributed by atoms with van der Waals surface area (Å²) in [6, 6.07) is 5.35. The highest BCUT2D eigenvalue weighted by molar-refractivity contribution is 6.01. The van der Waals surface area contributed by atoms with Gasteiger partial charge in [-0.25, -0.2) is 10.8 Å². The Morgan fingerprint density at radius 3 is 2.52 bits per heavy atom. The Morgan fingerprint density at radius 2 is 2.00 bits per heavy atom. The van der Waals surface area contributed by atoms with Crippen LogP contribution in [-0.2, 0) is 0 Å². The quantitative estimate of drug-likeness (QED) is 0.222. The SMILES string of the molecule is Cc1cc(Nc2ncc(C(=NN)NN)c(N)n2)ccc1C(=O)N(C)C. The third-order valence-electron chi connectivity index (χ3n) is 3.46. The minimum absolute atomic E-state index is 0.0585. The number of hydrogen-bond acceptors (Lipinski definition) is 8. The molecule has 0 atom stereocenters. The summed E-state index contributed by atoms with van der Waals surface area (Å²) >= 11 is 0. The number of amides is 1. The van der Waals surface area contributed by atoms with Crippen molar-refractivity contribution in [2.75, 3.05) is 25.1 Å². The van der Waals surface area contributed by atoms with Crippen LogP contribution < -0.4 is 28.2 Å². The van der Waals surface area contributed by atoms with E-state index in [1.54, 1.807) is 26.2 Å². The van der Waals surface area contributed by atoms with Crippen LogP contribution >= 0.6 is 0 Å². The van der Waals surface area contributed by atoms with Gasteiger partial charge >= 0.3 is 0 Å². The van der Waals surface area contributed by atoms with Gasteiger partial charge in [-0.3, -0.25) is 4.79 Å². The number of benzene rings is 1. The van der Waals surface area contributed by atoms with Crippen LogP contribution in [0.3, 0.4) is 0 Å². The zero-order chi connectivity index (χ0) is 18.6. The van der Waals surface area contributed by atoms with Gasteiger partial charge in [-0.05, 0) is 30.7 Å². The van der Waals surface area contributed by atoms with E-state index >= 15 is 0 Å². The summed E-state index contributed by atoms with van der Waals surface area (Å²) in [4.78, 5) is 21.9. The van der Waals surface area contributed by atoms with Gasteiger partial charge in [0.25, 0.3) is 5.91 Å². The fourth-order valence-corrected chi connectivity index (χ4v) is 2.17. The van der Waals surface area contributed by atoms with Crippen molar-refractivity contribution >= 4 is 29.2 Å². The molecule has 25 heavy (non-hydrogen) atoms. The number of anilines is 3. The molecule has 0 aliphatic rings. The molecule has 0 saturated carbocycles. The fourth-order valence-electron chi connectivity index (χ4n) is 2.17. The molecule has 0 spiro atoms. The zero-order valence-electron chi connectivity index (χ0n) is 14.2. The Morgan fingerprint density at radius 1 is 1.28 bits per heavy atom. The molecular formula is C15H21N9O. The number of rotatable bonds is 4. The first kappa shape index (κ1) is 17.9. The van der Waals surface area contributed by atoms with E-state index in [0.717, 1.165) is 11.3 Å². The molecule has 0 aliphatic carbocycles. The van der Waals surface area contributed by atoms with E-state index < -0.39 is 0 Å². The first-order valence-corrected chi connectivity index (χ1v) is 7.34. The number of nitrogens with zero attached hydrogens (tertiary/aromatic N) is 4. The third-order valence-corrected chi connectivity index (χ3v) is 3.46. The normalized spacial score (nSPS) is 11.1. The summed E-state index contributed by atoms with van der Waals surface area (Å²) in [6.07, 6.45) is 1.45. The molecule has 1 heterocycles. The largest absolute Gasteiger partial charge is 0.383 e. The monoisotopic (exact) mass is 343 g/mol. The number of carbonyl (C=O) groups excluding carboxylic acids is 1. The number of aryl methyl sites for hydroxylation is 1. The number of aromatic nitrogens is 2. The summed E-state index contributed by atoms with van der Waals surface area (Å²) in [5.41, 5.74) is 10.8. The van der Waals surface area contributed by atoms with Crippen molar-refractivity contribution in [3.63, 3.8) is 0 Å². The molecule has 8 N–H and O–H groups in total. The lowest BCUT2D eigenvalue weighted by atomic mass is 10.1. The molecule has 0 saturated heterocycles. The van der Waals surface area contributed by atoms with Crippen LogP contribution in [0.1, 0.15) is 21.5 Å². The molecule has 0 aliphatic heterocycles. The second-order valence-corrected chi connectivity index (χ2v) is 5.47. The van der Waals surface area contributed by atoms with E-state index in [2.05, 4.69) is 25.8 Å². The van der Waals surface area contributed by atoms with Crippen LogP contribution in [0.4, 0.5) is 17.5 Å². The van der Waals surface area contributed by atoms with Gasteiger partial charge in [-0.1, -0.05) is 0 Å². The van der Waals surface area contributed by atoms with E-state index in [0.29, 0.717) is 17.1 Å². The van der Waals surface area contributed by atoms with Gasteiger partial charge in [0.15, 0.2) is 5.84 Å². The fraction of sp³-hybridized carbons (Fsp3) is 0.200. The molecule has 1 amide bonds. The standard InChI is InChI=1S/C15H21N9O/c1-8-6-9(4-5-10(8)14(25)24(2)3)20-15-19-7-11(12(16)21-15)13(22-17)23-18/h4-7H,17-18H2,1-3H3,(H,22,23)(H3,16,19,20,21). The Hall–Kier alpha value is -3.40. The van der Waals surface area contributed by atoms with E-state index in [1.807, 2.05) is 13.0 Å². The summed E-state index contributed by atoms with van der Waals surface area (Å²) in [5, 5.41) is 6.50. The van der Waals surface area contributed by atoms with Crippen LogP contribution in [0.5, 0.6) is 0 Å². The van der Waals surface area contributed by atoms with Gasteiger partial charge in [0.05, 0.1) is 5.56 Å². The average Bonchev–Trinajstić information content (AvgIpc) is 2.57. The number of nitrogen functional groups attached to an aromatic ring is 1. The van der Waals surface area contributed by atoms with Crippen LogP contribution in [0.25, 0.3) is 0 Å². The molecule has 2 aromatic rings. The molecule has 0 fully saturated rings. The highest BCUT2D eigenvalue weighted by Gasteiger charge is 2.13. The molecule has 10 nitrogen and oxygen atoms in total. The number of carbonyl (C=O) groups is 1. The molecule has 1 aromatic heterocycles. The first-order chi connectivity index (χ1) is 11.9. The lowest BCUT2D eigenvalue weighted by molar-refractivity contribution is 0.0827. The van der Waals surface area contributed by atoms with Crippen molar-refractivity contribution in [2.45, 2.75) is 6.92 Å². The first-order valence-electron chi connectivity index (χ1n) is 7.34. The predicted octanol–water partition coefficient (Wildman–Crippen LogP) is -0.104. The highest BCUT2D eigenvalue weighted by Crippen LogP contribution is 2.20. The lowest BCUT2D eigenvalue weighted by Gasteiger charge is -2.14. The van der Waals surface area contributed by atoms with E-state index in [-0.39, 0.29) is 17.6 Å². The highest BCUT2D eigenvalue weighted by atomic mass is 16.2. The summed E-state index contributed by atoms with van der Waals surface area (Å²) < 4.78 is 0. The number of hydrazone groups is 1. The molecule has 1 aromatic carbocycles. The molecule has 0 unspecified atom stereocenters. The molecule has 0 radical (unpaired) electrons. The molecule has 132 valence electrons. The number of hydrogen-bond donors (Lipinski definition) is 5. The number of hydrazine groups is 1. The smallest absolute Gasteiger partial charge is 0.253 e. The maximum atomic E-state index is 12.1. The van der Waals surface area contributed by atoms with Gasteiger partial charge in [-0.2, -0.15) is 10.1 Å². The number of nitrogens with one attached hydrogen (secondary N) is 2. The number of nitrogens with two attached hydrogens (primary N) is 3. The van der Waals surface area contributed by atoms with Gasteiger partial charge in [0.2, 0.25) is 5.95 Å². The van der Waals surface area contributed by atoms with Gasteiger partial charge in [0.1, 0.15) is 5.82 Å². The third kappa shape index (κ3) is 3.93. The predicted molar refractivity (Wildman–Crippen MR) is 97.0 cm³/mol. The van der Waals surface area contributed by atoms with E-state index in [4.69, 9.17) is 17.4 Å². The molecule has 0 bridgehead atoms. The van der Waals surface area contributed by atoms with Crippen molar-refractivity contribution in [1.82, 2.24) is 20.3 Å². The van der Waals surface area contributed by atoms with Gasteiger partial charge in [-0.15, -0.1) is 0 Å². The van der Waals surface area contributed by atoms with Crippen molar-refractivity contribution in [3.05, 3.63) is 41.1 Å². The van der Waals surface area contributed by atoms with Crippen LogP contribution in [-0.4, -0.2) is 40.7 Å². The summed E-state index contributed by atoms with van der Waals surface area (Å²) in [7, 11) is 3.42. The maximum absolute atomic E-state index is 12.1. The maximum Gasteiger partial charge on any atom is 0.253 e. The van der Waals surface area contributed by atoms with E-state index in [9.17, 15) is 4.79 Å². The Kier molecular flexibility index (Phi) is 5.35. The van der Waals surface area contributed by atoms with Gasteiger partial charge < -0.3 is 27.2 Å². The Balaban J connectivity index is 2.24. The molecular weight excluding hydrogens is 322 g/mol. The minimum atomic E-state index is -0.0585. The Bertz CT molecular complexity index is 817. The summed E-state index contributed by atoms with van der Waals surface area (Å²) in [6.45, 7) is 1.86. The van der Waals surface area contributed by atoms with Crippen LogP contribution in [0, 0.1) is 6.92 Å². The van der Waals surface area contributed by atoms with Crippen molar-refractivity contribution in [1.29, 1.82) is 0 Å².